The van der Waals surface area contributed by atoms with E-state index in [0.717, 1.165) is 20.8 Å². The third kappa shape index (κ3) is 10.3. The number of hydrogen-bond donors (Lipinski definition) is 0. The van der Waals surface area contributed by atoms with E-state index in [1.54, 1.807) is 18.5 Å². The molecule has 0 saturated carbocycles. The average molecular weight is 607 g/mol. The number of carbonyl (C=O) groups is 4. The zero-order valence-electron chi connectivity index (χ0n) is 22.4. The van der Waals surface area contributed by atoms with Crippen molar-refractivity contribution in [1.82, 2.24) is 4.67 Å². The van der Waals surface area contributed by atoms with E-state index in [-0.39, 0.29) is 44.7 Å². The van der Waals surface area contributed by atoms with Gasteiger partial charge in [-0.1, -0.05) is 0 Å². The summed E-state index contributed by atoms with van der Waals surface area (Å²) in [6.45, 7) is 8.34. The molecule has 0 aromatic heterocycles. The summed E-state index contributed by atoms with van der Waals surface area (Å²) < 4.78 is 46.3. The van der Waals surface area contributed by atoms with Crippen LogP contribution in [-0.4, -0.2) is 104 Å². The van der Waals surface area contributed by atoms with Gasteiger partial charge in [-0.15, -0.1) is 23.2 Å². The Hall–Kier alpha value is -1.47. The van der Waals surface area contributed by atoms with Crippen molar-refractivity contribution in [3.63, 3.8) is 0 Å². The summed E-state index contributed by atoms with van der Waals surface area (Å²) in [5.41, 5.74) is 0. The van der Waals surface area contributed by atoms with Crippen molar-refractivity contribution in [3.05, 3.63) is 0 Å². The first kappa shape index (κ1) is 34.6. The lowest BCUT2D eigenvalue weighted by Crippen LogP contribution is -2.66. The SMILES string of the molecule is CCOP(=NCCCl)(OCC)N(CCCl)[C@@H]1O[C@H](COC(C)=O)[C@@H](OC(C)=O)[C@H](OC(C)=O)[C@H]1OC(C)=O. The molecule has 1 saturated heterocycles. The van der Waals surface area contributed by atoms with Gasteiger partial charge in [0.2, 0.25) is 0 Å². The predicted octanol–water partition coefficient (Wildman–Crippen LogP) is 2.87. The van der Waals surface area contributed by atoms with Crippen LogP contribution in [0, 0.1) is 0 Å². The number of hydrogen-bond acceptors (Lipinski definition) is 12. The predicted molar refractivity (Wildman–Crippen MR) is 138 cm³/mol. The van der Waals surface area contributed by atoms with E-state index in [1.807, 2.05) is 0 Å². The van der Waals surface area contributed by atoms with E-state index < -0.39 is 62.2 Å². The molecule has 0 unspecified atom stereocenters. The lowest BCUT2D eigenvalue weighted by Gasteiger charge is -2.49. The summed E-state index contributed by atoms with van der Waals surface area (Å²) in [4.78, 5) is 48.0. The molecule has 220 valence electrons. The van der Waals surface area contributed by atoms with Crippen molar-refractivity contribution < 1.29 is 51.9 Å². The highest BCUT2D eigenvalue weighted by atomic mass is 35.5. The Morgan fingerprint density at radius 3 is 1.79 bits per heavy atom. The number of esters is 4. The van der Waals surface area contributed by atoms with Crippen molar-refractivity contribution in [2.75, 3.05) is 44.7 Å². The van der Waals surface area contributed by atoms with Crippen LogP contribution in [0.5, 0.6) is 0 Å². The molecule has 0 radical (unpaired) electrons. The van der Waals surface area contributed by atoms with Crippen LogP contribution in [-0.2, 0) is 51.9 Å². The second kappa shape index (κ2) is 17.3. The van der Waals surface area contributed by atoms with Crippen LogP contribution in [0.1, 0.15) is 41.5 Å². The Balaban J connectivity index is 3.86. The fourth-order valence-electron chi connectivity index (χ4n) is 3.78. The molecule has 1 aliphatic rings. The van der Waals surface area contributed by atoms with Gasteiger partial charge in [0, 0.05) is 46.0 Å². The lowest BCUT2D eigenvalue weighted by atomic mass is 9.97. The molecule has 1 fully saturated rings. The van der Waals surface area contributed by atoms with E-state index in [9.17, 15) is 19.2 Å². The van der Waals surface area contributed by atoms with Gasteiger partial charge in [0.15, 0.2) is 24.5 Å². The number of ether oxygens (including phenoxy) is 5. The van der Waals surface area contributed by atoms with Gasteiger partial charge in [0.25, 0.3) is 7.66 Å². The molecular formula is C22H37Cl2N2O11P. The molecule has 1 heterocycles. The van der Waals surface area contributed by atoms with Gasteiger partial charge in [0.1, 0.15) is 12.7 Å². The third-order valence-corrected chi connectivity index (χ3v) is 8.02. The Bertz CT molecular complexity index is 853. The fourth-order valence-corrected chi connectivity index (χ4v) is 6.83. The van der Waals surface area contributed by atoms with Crippen LogP contribution < -0.4 is 0 Å². The number of rotatable bonds is 15. The number of alkyl halides is 2. The van der Waals surface area contributed by atoms with Gasteiger partial charge in [-0.25, -0.2) is 4.74 Å². The topological polar surface area (TPSA) is 148 Å². The summed E-state index contributed by atoms with van der Waals surface area (Å²) in [6.07, 6.45) is -6.43. The highest BCUT2D eigenvalue weighted by molar-refractivity contribution is 7.53. The van der Waals surface area contributed by atoms with Crippen LogP contribution in [0.4, 0.5) is 0 Å². The van der Waals surface area contributed by atoms with Gasteiger partial charge < -0.3 is 32.7 Å². The van der Waals surface area contributed by atoms with Gasteiger partial charge in [-0.05, 0) is 13.8 Å². The second-order valence-electron chi connectivity index (χ2n) is 7.82. The number of carbonyl (C=O) groups excluding carboxylic acids is 4. The quantitative estimate of drug-likeness (QED) is 0.117. The molecule has 0 aliphatic carbocycles. The highest BCUT2D eigenvalue weighted by Gasteiger charge is 2.56. The molecule has 13 nitrogen and oxygen atoms in total. The van der Waals surface area contributed by atoms with E-state index in [4.69, 9.17) is 55.9 Å². The number of halogens is 2. The molecule has 1 aliphatic heterocycles. The second-order valence-corrected chi connectivity index (χ2v) is 10.9. The van der Waals surface area contributed by atoms with Crippen molar-refractivity contribution in [2.45, 2.75) is 72.2 Å². The summed E-state index contributed by atoms with van der Waals surface area (Å²) >= 11 is 12.1. The van der Waals surface area contributed by atoms with Gasteiger partial charge >= 0.3 is 23.9 Å². The molecule has 0 bridgehead atoms. The van der Waals surface area contributed by atoms with Gasteiger partial charge in [-0.2, -0.15) is 4.67 Å². The number of nitrogens with zero attached hydrogens (tertiary/aromatic N) is 2. The molecule has 0 spiro atoms. The molecule has 1 rings (SSSR count). The normalized spacial score (nSPS) is 23.4. The smallest absolute Gasteiger partial charge is 0.303 e. The highest BCUT2D eigenvalue weighted by Crippen LogP contribution is 2.58. The van der Waals surface area contributed by atoms with Crippen LogP contribution in [0.15, 0.2) is 4.74 Å². The standard InChI is InChI=1S/C22H37Cl2N2O11P/c1-7-32-38(33-8-2,25-11-9-23)26(12-10-24)22-21(36-17(6)30)20(35-16(5)29)19(34-15(4)28)18(37-22)13-31-14(3)27/h18-22H,7-13H2,1-6H3/t18-,19-,20+,21-,22-/m1/s1. The van der Waals surface area contributed by atoms with Crippen molar-refractivity contribution in [2.24, 2.45) is 4.74 Å². The molecular weight excluding hydrogens is 570 g/mol. The van der Waals surface area contributed by atoms with Crippen LogP contribution in [0.25, 0.3) is 0 Å². The van der Waals surface area contributed by atoms with E-state index in [0.29, 0.717) is 0 Å². The average Bonchev–Trinajstić information content (AvgIpc) is 2.82. The van der Waals surface area contributed by atoms with E-state index >= 15 is 0 Å². The first-order chi connectivity index (χ1) is 18.0. The molecule has 0 aromatic carbocycles. The van der Waals surface area contributed by atoms with Crippen LogP contribution in [0.2, 0.25) is 0 Å². The Labute approximate surface area is 232 Å². The first-order valence-corrected chi connectivity index (χ1v) is 14.6. The van der Waals surface area contributed by atoms with Crippen molar-refractivity contribution >= 4 is 54.7 Å². The van der Waals surface area contributed by atoms with Gasteiger partial charge in [-0.3, -0.25) is 19.2 Å². The van der Waals surface area contributed by atoms with E-state index in [1.165, 1.54) is 6.92 Å². The molecule has 0 N–H and O–H groups in total. The summed E-state index contributed by atoms with van der Waals surface area (Å²) in [5, 5.41) is 0. The maximum Gasteiger partial charge on any atom is 0.303 e. The lowest BCUT2D eigenvalue weighted by molar-refractivity contribution is -0.270. The summed E-state index contributed by atoms with van der Waals surface area (Å²) in [5.74, 6) is -2.63. The summed E-state index contributed by atoms with van der Waals surface area (Å²) in [6, 6.07) is 0. The zero-order chi connectivity index (χ0) is 28.9. The third-order valence-electron chi connectivity index (χ3n) is 4.86. The largest absolute Gasteiger partial charge is 0.463 e. The van der Waals surface area contributed by atoms with Crippen molar-refractivity contribution in [1.29, 1.82) is 0 Å². The molecule has 16 heteroatoms. The molecule has 0 aromatic rings. The summed E-state index contributed by atoms with van der Waals surface area (Å²) in [7, 11) is -3.34. The van der Waals surface area contributed by atoms with Gasteiger partial charge in [0.05, 0.1) is 19.8 Å². The maximum absolute atomic E-state index is 12.2. The minimum Gasteiger partial charge on any atom is -0.463 e. The minimum absolute atomic E-state index is 0.0468. The van der Waals surface area contributed by atoms with E-state index in [2.05, 4.69) is 4.74 Å². The Kier molecular flexibility index (Phi) is 15.7. The fraction of sp³-hybridized carbons (Fsp3) is 0.818. The molecule has 5 atom stereocenters. The van der Waals surface area contributed by atoms with Crippen LogP contribution in [0.3, 0.4) is 0 Å². The Morgan fingerprint density at radius 2 is 1.34 bits per heavy atom. The Morgan fingerprint density at radius 1 is 0.816 bits per heavy atom. The zero-order valence-corrected chi connectivity index (χ0v) is 24.8. The van der Waals surface area contributed by atoms with Crippen LogP contribution >= 0.6 is 30.9 Å². The van der Waals surface area contributed by atoms with Crippen molar-refractivity contribution in [3.8, 4) is 0 Å². The molecule has 0 amide bonds. The molecule has 38 heavy (non-hydrogen) atoms. The minimum atomic E-state index is -3.34. The first-order valence-electron chi connectivity index (χ1n) is 12.0. The monoisotopic (exact) mass is 606 g/mol. The maximum atomic E-state index is 12.2.